The van der Waals surface area contributed by atoms with Crippen LogP contribution in [0.15, 0.2) is 47.2 Å². The lowest BCUT2D eigenvalue weighted by molar-refractivity contribution is -0.123. The summed E-state index contributed by atoms with van der Waals surface area (Å²) in [5.41, 5.74) is 4.72. The Morgan fingerprint density at radius 2 is 1.91 bits per heavy atom. The van der Waals surface area contributed by atoms with E-state index in [1.807, 2.05) is 0 Å². The van der Waals surface area contributed by atoms with E-state index in [1.165, 1.54) is 36.7 Å². The minimum atomic E-state index is -0.555. The molecule has 0 saturated heterocycles. The number of nitrogens with zero attached hydrogens (tertiary/aromatic N) is 1. The van der Waals surface area contributed by atoms with Gasteiger partial charge in [-0.3, -0.25) is 25.4 Å². The Morgan fingerprint density at radius 3 is 2.59 bits per heavy atom. The number of carbonyl (C=O) groups is 2. The lowest BCUT2D eigenvalue weighted by atomic mass is 10.3. The highest BCUT2D eigenvalue weighted by molar-refractivity contribution is 9.10. The summed E-state index contributed by atoms with van der Waals surface area (Å²) in [6.07, 6.45) is 2.90. The number of hydrogen-bond donors (Lipinski definition) is 2. The number of aromatic nitrogens is 1. The summed E-state index contributed by atoms with van der Waals surface area (Å²) < 4.78 is 18.5. The van der Waals surface area contributed by atoms with Crippen LogP contribution in [0.1, 0.15) is 10.4 Å². The average Bonchev–Trinajstić information content (AvgIpc) is 2.52. The molecule has 0 saturated carbocycles. The number of halogens is 2. The molecule has 0 atom stereocenters. The number of hydrazine groups is 1. The largest absolute Gasteiger partial charge is 0.484 e. The third kappa shape index (κ3) is 4.81. The number of rotatable bonds is 4. The first-order valence-corrected chi connectivity index (χ1v) is 6.92. The van der Waals surface area contributed by atoms with Gasteiger partial charge in [0, 0.05) is 16.9 Å². The van der Waals surface area contributed by atoms with Gasteiger partial charge >= 0.3 is 0 Å². The normalized spacial score (nSPS) is 9.91. The fourth-order valence-corrected chi connectivity index (χ4v) is 1.82. The third-order valence-electron chi connectivity index (χ3n) is 2.47. The van der Waals surface area contributed by atoms with Crippen molar-refractivity contribution >= 4 is 27.7 Å². The van der Waals surface area contributed by atoms with Crippen LogP contribution in [0.5, 0.6) is 5.75 Å². The zero-order valence-corrected chi connectivity index (χ0v) is 12.8. The highest BCUT2D eigenvalue weighted by atomic mass is 79.9. The van der Waals surface area contributed by atoms with E-state index in [-0.39, 0.29) is 12.2 Å². The molecule has 1 aromatic heterocycles. The van der Waals surface area contributed by atoms with Gasteiger partial charge in [0.2, 0.25) is 0 Å². The topological polar surface area (TPSA) is 80.3 Å². The molecular weight excluding hydrogens is 357 g/mol. The molecular formula is C14H11BrFN3O3. The fraction of sp³-hybridized carbons (Fsp3) is 0.0714. The van der Waals surface area contributed by atoms with Crippen LogP contribution in [-0.4, -0.2) is 23.4 Å². The standard InChI is InChI=1S/C14H11BrFN3O3/c15-10-5-9(6-17-7-10)14(21)19-18-13(20)8-22-12-3-1-11(16)2-4-12/h1-7H,8H2,(H,18,20)(H,19,21). The first-order chi connectivity index (χ1) is 10.5. The summed E-state index contributed by atoms with van der Waals surface area (Å²) in [5, 5.41) is 0. The number of amides is 2. The van der Waals surface area contributed by atoms with Crippen molar-refractivity contribution in [3.63, 3.8) is 0 Å². The van der Waals surface area contributed by atoms with Crippen LogP contribution in [0.3, 0.4) is 0 Å². The quantitative estimate of drug-likeness (QED) is 0.807. The van der Waals surface area contributed by atoms with E-state index in [4.69, 9.17) is 4.74 Å². The Balaban J connectivity index is 1.78. The Labute approximate surface area is 133 Å². The number of hydrogen-bond acceptors (Lipinski definition) is 4. The average molecular weight is 368 g/mol. The smallest absolute Gasteiger partial charge is 0.276 e. The van der Waals surface area contributed by atoms with Crippen molar-refractivity contribution in [1.82, 2.24) is 15.8 Å². The maximum absolute atomic E-state index is 12.7. The van der Waals surface area contributed by atoms with Crippen molar-refractivity contribution in [2.75, 3.05) is 6.61 Å². The van der Waals surface area contributed by atoms with Gasteiger partial charge in [-0.2, -0.15) is 0 Å². The van der Waals surface area contributed by atoms with Gasteiger partial charge in [0.1, 0.15) is 11.6 Å². The molecule has 8 heteroatoms. The van der Waals surface area contributed by atoms with Crippen LogP contribution in [0.4, 0.5) is 4.39 Å². The van der Waals surface area contributed by atoms with Crippen molar-refractivity contribution in [3.05, 3.63) is 58.6 Å². The zero-order chi connectivity index (χ0) is 15.9. The molecule has 0 aliphatic heterocycles. The minimum Gasteiger partial charge on any atom is -0.484 e. The van der Waals surface area contributed by atoms with Crippen LogP contribution in [-0.2, 0) is 4.79 Å². The van der Waals surface area contributed by atoms with E-state index in [0.29, 0.717) is 10.2 Å². The van der Waals surface area contributed by atoms with E-state index < -0.39 is 17.6 Å². The summed E-state index contributed by atoms with van der Waals surface area (Å²) in [5.74, 6) is -1.12. The molecule has 0 unspecified atom stereocenters. The zero-order valence-electron chi connectivity index (χ0n) is 11.2. The predicted molar refractivity (Wildman–Crippen MR) is 79.4 cm³/mol. The van der Waals surface area contributed by atoms with E-state index in [9.17, 15) is 14.0 Å². The Morgan fingerprint density at radius 1 is 1.18 bits per heavy atom. The molecule has 0 fully saturated rings. The van der Waals surface area contributed by atoms with E-state index in [2.05, 4.69) is 31.8 Å². The Bertz CT molecular complexity index is 679. The third-order valence-corrected chi connectivity index (χ3v) is 2.90. The Hall–Kier alpha value is -2.48. The molecule has 2 aromatic rings. The van der Waals surface area contributed by atoms with Crippen LogP contribution < -0.4 is 15.6 Å². The van der Waals surface area contributed by atoms with Crippen molar-refractivity contribution in [2.24, 2.45) is 0 Å². The summed E-state index contributed by atoms with van der Waals surface area (Å²) in [7, 11) is 0. The molecule has 0 aliphatic rings. The summed E-state index contributed by atoms with van der Waals surface area (Å²) in [6.45, 7) is -0.317. The highest BCUT2D eigenvalue weighted by Crippen LogP contribution is 2.10. The second-order valence-corrected chi connectivity index (χ2v) is 5.05. The molecule has 0 aliphatic carbocycles. The maximum atomic E-state index is 12.7. The van der Waals surface area contributed by atoms with Gasteiger partial charge in [-0.05, 0) is 46.3 Å². The van der Waals surface area contributed by atoms with Crippen molar-refractivity contribution < 1.29 is 18.7 Å². The van der Waals surface area contributed by atoms with Crippen LogP contribution in [0.2, 0.25) is 0 Å². The van der Waals surface area contributed by atoms with Gasteiger partial charge in [-0.25, -0.2) is 4.39 Å². The monoisotopic (exact) mass is 367 g/mol. The van der Waals surface area contributed by atoms with Gasteiger partial charge in [0.25, 0.3) is 11.8 Å². The SMILES string of the molecule is O=C(COc1ccc(F)cc1)NNC(=O)c1cncc(Br)c1. The first-order valence-electron chi connectivity index (χ1n) is 6.13. The van der Waals surface area contributed by atoms with Gasteiger partial charge in [-0.1, -0.05) is 0 Å². The second-order valence-electron chi connectivity index (χ2n) is 4.14. The molecule has 2 amide bonds. The summed E-state index contributed by atoms with van der Waals surface area (Å²) >= 11 is 3.19. The molecule has 0 bridgehead atoms. The lowest BCUT2D eigenvalue weighted by Crippen LogP contribution is -2.43. The van der Waals surface area contributed by atoms with E-state index in [1.54, 1.807) is 6.07 Å². The number of carbonyl (C=O) groups excluding carboxylic acids is 2. The van der Waals surface area contributed by atoms with Crippen LogP contribution in [0, 0.1) is 5.82 Å². The number of nitrogens with one attached hydrogen (secondary N) is 2. The molecule has 114 valence electrons. The van der Waals surface area contributed by atoms with Gasteiger partial charge in [0.05, 0.1) is 5.56 Å². The highest BCUT2D eigenvalue weighted by Gasteiger charge is 2.08. The van der Waals surface area contributed by atoms with Crippen molar-refractivity contribution in [1.29, 1.82) is 0 Å². The van der Waals surface area contributed by atoms with Gasteiger partial charge in [0.15, 0.2) is 6.61 Å². The summed E-state index contributed by atoms with van der Waals surface area (Å²) in [4.78, 5) is 27.1. The van der Waals surface area contributed by atoms with Gasteiger partial charge < -0.3 is 4.74 Å². The molecule has 1 aromatic carbocycles. The molecule has 2 N–H and O–H groups in total. The molecule has 2 rings (SSSR count). The number of ether oxygens (including phenoxy) is 1. The molecule has 6 nitrogen and oxygen atoms in total. The van der Waals surface area contributed by atoms with E-state index >= 15 is 0 Å². The summed E-state index contributed by atoms with van der Waals surface area (Å²) in [6, 6.07) is 6.79. The number of pyridine rings is 1. The second kappa shape index (κ2) is 7.51. The minimum absolute atomic E-state index is 0.286. The van der Waals surface area contributed by atoms with Crippen molar-refractivity contribution in [3.8, 4) is 5.75 Å². The Kier molecular flexibility index (Phi) is 5.42. The van der Waals surface area contributed by atoms with Crippen LogP contribution in [0.25, 0.3) is 0 Å². The lowest BCUT2D eigenvalue weighted by Gasteiger charge is -2.08. The molecule has 22 heavy (non-hydrogen) atoms. The molecule has 0 spiro atoms. The predicted octanol–water partition coefficient (Wildman–Crippen LogP) is 1.82. The fourth-order valence-electron chi connectivity index (χ4n) is 1.45. The first kappa shape index (κ1) is 15.9. The van der Waals surface area contributed by atoms with E-state index in [0.717, 1.165) is 0 Å². The molecule has 0 radical (unpaired) electrons. The van der Waals surface area contributed by atoms with Crippen molar-refractivity contribution in [2.45, 2.75) is 0 Å². The maximum Gasteiger partial charge on any atom is 0.276 e. The van der Waals surface area contributed by atoms with Gasteiger partial charge in [-0.15, -0.1) is 0 Å². The molecule has 1 heterocycles. The van der Waals surface area contributed by atoms with Crippen LogP contribution >= 0.6 is 15.9 Å². The number of benzene rings is 1.